The van der Waals surface area contributed by atoms with E-state index in [4.69, 9.17) is 0 Å². The van der Waals surface area contributed by atoms with E-state index < -0.39 is 0 Å². The van der Waals surface area contributed by atoms with Gasteiger partial charge in [0, 0.05) is 0 Å². The van der Waals surface area contributed by atoms with E-state index in [1.807, 2.05) is 0 Å². The van der Waals surface area contributed by atoms with Crippen molar-refractivity contribution in [2.45, 2.75) is 12.8 Å². The molecule has 0 heterocycles. The number of hydrogen-bond donors (Lipinski definition) is 0. The van der Waals surface area contributed by atoms with Crippen LogP contribution in [0.4, 0.5) is 0 Å². The predicted molar refractivity (Wildman–Crippen MR) is 76.1 cm³/mol. The third-order valence-corrected chi connectivity index (χ3v) is 3.96. The first-order valence-electron chi connectivity index (χ1n) is 6.48. The summed E-state index contributed by atoms with van der Waals surface area (Å²) in [6.45, 7) is 0. The SMILES string of the molecule is C1=C(c2ccccc2)CC2=C1c1ccccc1C2. The van der Waals surface area contributed by atoms with Crippen molar-refractivity contribution in [1.29, 1.82) is 0 Å². The molecule has 0 spiro atoms. The lowest BCUT2D eigenvalue weighted by Crippen LogP contribution is -1.88. The molecule has 2 aromatic carbocycles. The Labute approximate surface area is 107 Å². The summed E-state index contributed by atoms with van der Waals surface area (Å²) in [6, 6.07) is 19.5. The van der Waals surface area contributed by atoms with Gasteiger partial charge in [0.05, 0.1) is 0 Å². The highest BCUT2D eigenvalue weighted by Crippen LogP contribution is 2.44. The van der Waals surface area contributed by atoms with Crippen LogP contribution in [-0.2, 0) is 6.42 Å². The second kappa shape index (κ2) is 3.71. The van der Waals surface area contributed by atoms with Crippen molar-refractivity contribution in [2.75, 3.05) is 0 Å². The molecule has 0 heteroatoms. The molecule has 0 saturated heterocycles. The summed E-state index contributed by atoms with van der Waals surface area (Å²) >= 11 is 0. The number of hydrogen-bond acceptors (Lipinski definition) is 0. The molecule has 0 radical (unpaired) electrons. The quantitative estimate of drug-likeness (QED) is 0.677. The molecule has 2 aromatic rings. The monoisotopic (exact) mass is 230 g/mol. The molecule has 0 saturated carbocycles. The standard InChI is InChI=1S/C18H14/c1-2-6-13(7-3-1)15-11-16-10-14-8-4-5-9-17(14)18(16)12-15/h1-9,12H,10-11H2. The second-order valence-electron chi connectivity index (χ2n) is 5.06. The molecule has 0 N–H and O–H groups in total. The normalized spacial score (nSPS) is 16.6. The van der Waals surface area contributed by atoms with Gasteiger partial charge in [0.15, 0.2) is 0 Å². The highest BCUT2D eigenvalue weighted by atomic mass is 14.3. The molecular weight excluding hydrogens is 216 g/mol. The van der Waals surface area contributed by atoms with Gasteiger partial charge in [0.25, 0.3) is 0 Å². The van der Waals surface area contributed by atoms with Crippen LogP contribution in [0.15, 0.2) is 66.2 Å². The predicted octanol–water partition coefficient (Wildman–Crippen LogP) is 4.48. The van der Waals surface area contributed by atoms with Crippen LogP contribution in [0.5, 0.6) is 0 Å². The minimum Gasteiger partial charge on any atom is -0.0622 e. The lowest BCUT2D eigenvalue weighted by molar-refractivity contribution is 1.13. The van der Waals surface area contributed by atoms with Crippen LogP contribution in [0, 0.1) is 0 Å². The van der Waals surface area contributed by atoms with Gasteiger partial charge in [-0.05, 0) is 40.7 Å². The van der Waals surface area contributed by atoms with Crippen molar-refractivity contribution in [3.8, 4) is 0 Å². The molecule has 2 aliphatic carbocycles. The fourth-order valence-electron chi connectivity index (χ4n) is 3.08. The average molecular weight is 230 g/mol. The Morgan fingerprint density at radius 2 is 1.50 bits per heavy atom. The van der Waals surface area contributed by atoms with E-state index in [1.54, 1.807) is 5.57 Å². The Hall–Kier alpha value is -2.08. The molecule has 0 bridgehead atoms. The van der Waals surface area contributed by atoms with E-state index in [1.165, 1.54) is 27.8 Å². The van der Waals surface area contributed by atoms with Gasteiger partial charge < -0.3 is 0 Å². The van der Waals surface area contributed by atoms with Crippen LogP contribution in [-0.4, -0.2) is 0 Å². The zero-order valence-corrected chi connectivity index (χ0v) is 10.2. The lowest BCUT2D eigenvalue weighted by atomic mass is 9.99. The molecule has 86 valence electrons. The Morgan fingerprint density at radius 3 is 2.39 bits per heavy atom. The Kier molecular flexibility index (Phi) is 2.04. The number of allylic oxidation sites excluding steroid dienone is 4. The molecular formula is C18H14. The van der Waals surface area contributed by atoms with Crippen LogP contribution in [0.1, 0.15) is 23.1 Å². The van der Waals surface area contributed by atoms with Gasteiger partial charge in [-0.2, -0.15) is 0 Å². The summed E-state index contributed by atoms with van der Waals surface area (Å²) in [5, 5.41) is 0. The molecule has 0 atom stereocenters. The van der Waals surface area contributed by atoms with Crippen molar-refractivity contribution in [3.05, 3.63) is 82.9 Å². The average Bonchev–Trinajstić information content (AvgIpc) is 2.97. The molecule has 2 aliphatic rings. The molecule has 0 fully saturated rings. The van der Waals surface area contributed by atoms with Gasteiger partial charge >= 0.3 is 0 Å². The fraction of sp³-hybridized carbons (Fsp3) is 0.111. The maximum atomic E-state index is 2.39. The smallest absolute Gasteiger partial charge is 0.00484 e. The van der Waals surface area contributed by atoms with E-state index in [2.05, 4.69) is 60.7 Å². The molecule has 18 heavy (non-hydrogen) atoms. The van der Waals surface area contributed by atoms with Gasteiger partial charge in [-0.1, -0.05) is 66.2 Å². The minimum absolute atomic E-state index is 1.12. The van der Waals surface area contributed by atoms with E-state index in [0.717, 1.165) is 12.8 Å². The molecule has 0 aliphatic heterocycles. The van der Waals surface area contributed by atoms with E-state index >= 15 is 0 Å². The van der Waals surface area contributed by atoms with Crippen molar-refractivity contribution in [3.63, 3.8) is 0 Å². The molecule has 0 nitrogen and oxygen atoms in total. The van der Waals surface area contributed by atoms with Crippen LogP contribution < -0.4 is 0 Å². The van der Waals surface area contributed by atoms with Gasteiger partial charge in [0.2, 0.25) is 0 Å². The zero-order chi connectivity index (χ0) is 11.9. The summed E-state index contributed by atoms with van der Waals surface area (Å²) in [6.07, 6.45) is 4.64. The van der Waals surface area contributed by atoms with Crippen molar-refractivity contribution in [2.24, 2.45) is 0 Å². The highest BCUT2D eigenvalue weighted by Gasteiger charge is 2.25. The zero-order valence-electron chi connectivity index (χ0n) is 10.2. The van der Waals surface area contributed by atoms with Crippen LogP contribution in [0.2, 0.25) is 0 Å². The van der Waals surface area contributed by atoms with E-state index in [9.17, 15) is 0 Å². The summed E-state index contributed by atoms with van der Waals surface area (Å²) in [4.78, 5) is 0. The summed E-state index contributed by atoms with van der Waals surface area (Å²) in [5.41, 5.74) is 8.84. The van der Waals surface area contributed by atoms with Gasteiger partial charge in [-0.15, -0.1) is 0 Å². The summed E-state index contributed by atoms with van der Waals surface area (Å²) < 4.78 is 0. The van der Waals surface area contributed by atoms with Crippen molar-refractivity contribution >= 4 is 11.1 Å². The fourth-order valence-corrected chi connectivity index (χ4v) is 3.08. The summed E-state index contributed by atoms with van der Waals surface area (Å²) in [7, 11) is 0. The Balaban J connectivity index is 1.76. The maximum absolute atomic E-state index is 2.39. The van der Waals surface area contributed by atoms with E-state index in [0.29, 0.717) is 0 Å². The molecule has 0 aromatic heterocycles. The van der Waals surface area contributed by atoms with Crippen LogP contribution in [0.25, 0.3) is 11.1 Å². The Morgan fingerprint density at radius 1 is 0.722 bits per heavy atom. The lowest BCUT2D eigenvalue weighted by Gasteiger charge is -2.05. The van der Waals surface area contributed by atoms with Crippen molar-refractivity contribution in [1.82, 2.24) is 0 Å². The second-order valence-corrected chi connectivity index (χ2v) is 5.06. The molecule has 4 rings (SSSR count). The third-order valence-electron chi connectivity index (χ3n) is 3.96. The van der Waals surface area contributed by atoms with Gasteiger partial charge in [0.1, 0.15) is 0 Å². The van der Waals surface area contributed by atoms with Gasteiger partial charge in [-0.3, -0.25) is 0 Å². The van der Waals surface area contributed by atoms with E-state index in [-0.39, 0.29) is 0 Å². The number of fused-ring (bicyclic) bond motifs is 2. The first kappa shape index (κ1) is 9.90. The Bertz CT molecular complexity index is 672. The number of benzene rings is 2. The van der Waals surface area contributed by atoms with Gasteiger partial charge in [-0.25, -0.2) is 0 Å². The minimum atomic E-state index is 1.12. The highest BCUT2D eigenvalue weighted by molar-refractivity contribution is 5.95. The summed E-state index contributed by atoms with van der Waals surface area (Å²) in [5.74, 6) is 0. The van der Waals surface area contributed by atoms with Crippen LogP contribution >= 0.6 is 0 Å². The largest absolute Gasteiger partial charge is 0.0622 e. The maximum Gasteiger partial charge on any atom is -0.00484 e. The third kappa shape index (κ3) is 1.39. The first-order chi connectivity index (χ1) is 8.92. The molecule has 0 unspecified atom stereocenters. The first-order valence-corrected chi connectivity index (χ1v) is 6.48. The van der Waals surface area contributed by atoms with Crippen molar-refractivity contribution < 1.29 is 0 Å². The number of rotatable bonds is 1. The topological polar surface area (TPSA) is 0 Å². The van der Waals surface area contributed by atoms with Crippen LogP contribution in [0.3, 0.4) is 0 Å². The molecule has 0 amide bonds.